The molecule has 0 bridgehead atoms. The largest absolute Gasteiger partial charge is 0.325 e. The predicted octanol–water partition coefficient (Wildman–Crippen LogP) is 1.74. The molecule has 2 rings (SSSR count). The molecule has 0 fully saturated rings. The molecule has 3 N–H and O–H groups in total. The fourth-order valence-corrected chi connectivity index (χ4v) is 1.62. The van der Waals surface area contributed by atoms with E-state index in [-0.39, 0.29) is 0 Å². The van der Waals surface area contributed by atoms with E-state index in [1.54, 1.807) is 23.6 Å². The third kappa shape index (κ3) is 2.07. The van der Waals surface area contributed by atoms with Crippen molar-refractivity contribution in [2.45, 2.75) is 6.54 Å². The van der Waals surface area contributed by atoms with Gasteiger partial charge in [0, 0.05) is 18.1 Å². The molecule has 2 aromatic heterocycles. The predicted molar refractivity (Wildman–Crippen MR) is 57.5 cm³/mol. The van der Waals surface area contributed by atoms with Crippen LogP contribution in [0.1, 0.15) is 5.69 Å². The number of thiophene rings is 1. The standard InChI is InChI=1S/C9H10N4S/c10-5-7-1-3-11-9(12-7)13-8-2-4-14-6-8/h1-4,6H,5,10H2,(H,11,12,13). The lowest BCUT2D eigenvalue weighted by Crippen LogP contribution is -2.03. The van der Waals surface area contributed by atoms with Crippen molar-refractivity contribution in [3.05, 3.63) is 34.8 Å². The van der Waals surface area contributed by atoms with Gasteiger partial charge in [-0.15, -0.1) is 0 Å². The van der Waals surface area contributed by atoms with E-state index in [4.69, 9.17) is 5.73 Å². The fraction of sp³-hybridized carbons (Fsp3) is 0.111. The molecule has 0 atom stereocenters. The molecule has 2 aromatic rings. The third-order valence-corrected chi connectivity index (χ3v) is 2.38. The zero-order valence-electron chi connectivity index (χ0n) is 7.47. The van der Waals surface area contributed by atoms with Crippen molar-refractivity contribution in [1.29, 1.82) is 0 Å². The number of nitrogens with two attached hydrogens (primary N) is 1. The normalized spacial score (nSPS) is 10.1. The van der Waals surface area contributed by atoms with Crippen molar-refractivity contribution in [3.63, 3.8) is 0 Å². The van der Waals surface area contributed by atoms with Crippen LogP contribution in [0.2, 0.25) is 0 Å². The molecule has 4 nitrogen and oxygen atoms in total. The van der Waals surface area contributed by atoms with Crippen LogP contribution in [-0.4, -0.2) is 9.97 Å². The minimum Gasteiger partial charge on any atom is -0.325 e. The van der Waals surface area contributed by atoms with Crippen molar-refractivity contribution in [2.24, 2.45) is 5.73 Å². The van der Waals surface area contributed by atoms with Crippen LogP contribution >= 0.6 is 11.3 Å². The fourth-order valence-electron chi connectivity index (χ4n) is 1.03. The molecule has 0 saturated heterocycles. The molecule has 0 aliphatic rings. The summed E-state index contributed by atoms with van der Waals surface area (Å²) in [4.78, 5) is 8.31. The van der Waals surface area contributed by atoms with Gasteiger partial charge in [-0.1, -0.05) is 0 Å². The van der Waals surface area contributed by atoms with Crippen LogP contribution in [0, 0.1) is 0 Å². The lowest BCUT2D eigenvalue weighted by molar-refractivity contribution is 0.969. The van der Waals surface area contributed by atoms with Gasteiger partial charge in [0.25, 0.3) is 0 Å². The third-order valence-electron chi connectivity index (χ3n) is 1.70. The van der Waals surface area contributed by atoms with Crippen molar-refractivity contribution < 1.29 is 0 Å². The quantitative estimate of drug-likeness (QED) is 0.803. The molecule has 0 aromatic carbocycles. The molecule has 0 aliphatic heterocycles. The van der Waals surface area contributed by atoms with Gasteiger partial charge in [-0.3, -0.25) is 0 Å². The van der Waals surface area contributed by atoms with Crippen LogP contribution in [0.15, 0.2) is 29.1 Å². The van der Waals surface area contributed by atoms with E-state index in [9.17, 15) is 0 Å². The maximum absolute atomic E-state index is 5.48. The molecule has 0 aliphatic carbocycles. The van der Waals surface area contributed by atoms with Gasteiger partial charge < -0.3 is 11.1 Å². The summed E-state index contributed by atoms with van der Waals surface area (Å²) in [5, 5.41) is 7.08. The lowest BCUT2D eigenvalue weighted by atomic mass is 10.4. The SMILES string of the molecule is NCc1ccnc(Nc2ccsc2)n1. The molecule has 0 radical (unpaired) electrons. The highest BCUT2D eigenvalue weighted by Gasteiger charge is 1.98. The molecular weight excluding hydrogens is 196 g/mol. The molecule has 72 valence electrons. The van der Waals surface area contributed by atoms with E-state index in [2.05, 4.69) is 15.3 Å². The summed E-state index contributed by atoms with van der Waals surface area (Å²) in [6.07, 6.45) is 1.70. The van der Waals surface area contributed by atoms with E-state index >= 15 is 0 Å². The van der Waals surface area contributed by atoms with Crippen LogP contribution in [0.25, 0.3) is 0 Å². The Labute approximate surface area is 85.8 Å². The summed E-state index contributed by atoms with van der Waals surface area (Å²) < 4.78 is 0. The van der Waals surface area contributed by atoms with Gasteiger partial charge in [0.2, 0.25) is 5.95 Å². The minimum atomic E-state index is 0.431. The van der Waals surface area contributed by atoms with Crippen LogP contribution in [0.4, 0.5) is 11.6 Å². The Hall–Kier alpha value is -1.46. The summed E-state index contributed by atoms with van der Waals surface area (Å²) in [7, 11) is 0. The number of hydrogen-bond donors (Lipinski definition) is 2. The molecule has 14 heavy (non-hydrogen) atoms. The average Bonchev–Trinajstić information content (AvgIpc) is 2.71. The highest BCUT2D eigenvalue weighted by molar-refractivity contribution is 7.08. The second-order valence-electron chi connectivity index (χ2n) is 2.71. The Morgan fingerprint density at radius 2 is 2.36 bits per heavy atom. The van der Waals surface area contributed by atoms with Crippen LogP contribution < -0.4 is 11.1 Å². The smallest absolute Gasteiger partial charge is 0.227 e. The van der Waals surface area contributed by atoms with Gasteiger partial charge >= 0.3 is 0 Å². The first kappa shape index (κ1) is 9.11. The molecule has 0 saturated carbocycles. The van der Waals surface area contributed by atoms with Crippen molar-refractivity contribution >= 4 is 23.0 Å². The van der Waals surface area contributed by atoms with E-state index in [0.29, 0.717) is 12.5 Å². The van der Waals surface area contributed by atoms with Crippen molar-refractivity contribution in [2.75, 3.05) is 5.32 Å². The van der Waals surface area contributed by atoms with Crippen LogP contribution in [-0.2, 0) is 6.54 Å². The number of hydrogen-bond acceptors (Lipinski definition) is 5. The van der Waals surface area contributed by atoms with Crippen molar-refractivity contribution in [1.82, 2.24) is 9.97 Å². The monoisotopic (exact) mass is 206 g/mol. The van der Waals surface area contributed by atoms with E-state index in [1.165, 1.54) is 0 Å². The van der Waals surface area contributed by atoms with Gasteiger partial charge in [0.05, 0.1) is 11.4 Å². The molecule has 0 amide bonds. The lowest BCUT2D eigenvalue weighted by Gasteiger charge is -2.02. The Morgan fingerprint density at radius 3 is 3.07 bits per heavy atom. The number of aromatic nitrogens is 2. The van der Waals surface area contributed by atoms with Gasteiger partial charge in [-0.2, -0.15) is 11.3 Å². The van der Waals surface area contributed by atoms with Crippen molar-refractivity contribution in [3.8, 4) is 0 Å². The molecule has 2 heterocycles. The highest BCUT2D eigenvalue weighted by atomic mass is 32.1. The van der Waals surface area contributed by atoms with Gasteiger partial charge in [0.15, 0.2) is 0 Å². The molecule has 0 spiro atoms. The van der Waals surface area contributed by atoms with E-state index in [1.807, 2.05) is 16.8 Å². The maximum Gasteiger partial charge on any atom is 0.227 e. The molecule has 5 heteroatoms. The van der Waals surface area contributed by atoms with Gasteiger partial charge in [-0.05, 0) is 17.5 Å². The van der Waals surface area contributed by atoms with E-state index in [0.717, 1.165) is 11.4 Å². The highest BCUT2D eigenvalue weighted by Crippen LogP contribution is 2.15. The first-order valence-corrected chi connectivity index (χ1v) is 5.14. The van der Waals surface area contributed by atoms with Crippen LogP contribution in [0.3, 0.4) is 0 Å². The summed E-state index contributed by atoms with van der Waals surface area (Å²) in [6, 6.07) is 3.78. The second-order valence-corrected chi connectivity index (χ2v) is 3.49. The Balaban J connectivity index is 2.17. The molecular formula is C9H10N4S. The van der Waals surface area contributed by atoms with Gasteiger partial charge in [-0.25, -0.2) is 9.97 Å². The Bertz CT molecular complexity index is 399. The number of rotatable bonds is 3. The zero-order valence-corrected chi connectivity index (χ0v) is 8.29. The molecule has 0 unspecified atom stereocenters. The average molecular weight is 206 g/mol. The Kier molecular flexibility index (Phi) is 2.71. The summed E-state index contributed by atoms with van der Waals surface area (Å²) in [6.45, 7) is 0.431. The minimum absolute atomic E-state index is 0.431. The summed E-state index contributed by atoms with van der Waals surface area (Å²) in [5.74, 6) is 0.589. The summed E-state index contributed by atoms with van der Waals surface area (Å²) in [5.41, 5.74) is 7.31. The van der Waals surface area contributed by atoms with Crippen LogP contribution in [0.5, 0.6) is 0 Å². The maximum atomic E-state index is 5.48. The second kappa shape index (κ2) is 4.17. The number of nitrogens with zero attached hydrogens (tertiary/aromatic N) is 2. The topological polar surface area (TPSA) is 63.8 Å². The Morgan fingerprint density at radius 1 is 1.43 bits per heavy atom. The van der Waals surface area contributed by atoms with Gasteiger partial charge in [0.1, 0.15) is 0 Å². The zero-order chi connectivity index (χ0) is 9.80. The first-order valence-electron chi connectivity index (χ1n) is 4.19. The number of nitrogens with one attached hydrogen (secondary N) is 1. The first-order chi connectivity index (χ1) is 6.88. The summed E-state index contributed by atoms with van der Waals surface area (Å²) >= 11 is 1.63. The van der Waals surface area contributed by atoms with E-state index < -0.39 is 0 Å². The number of anilines is 2.